The SMILES string of the molecule is Cc1ccc(C2C3=C(N=c4s/c(=C/c5ccc(Br)cc5)c(=O)n42)c2ccc4ccccc4c2OCC3)cc1. The molecule has 186 valence electrons. The van der Waals surface area contributed by atoms with Crippen LogP contribution in [0.25, 0.3) is 22.5 Å². The third-order valence-corrected chi connectivity index (χ3v) is 8.76. The van der Waals surface area contributed by atoms with E-state index in [1.165, 1.54) is 16.9 Å². The Morgan fingerprint density at radius 2 is 1.79 bits per heavy atom. The molecule has 0 saturated heterocycles. The van der Waals surface area contributed by atoms with Gasteiger partial charge in [-0.25, -0.2) is 4.99 Å². The van der Waals surface area contributed by atoms with Crippen LogP contribution in [0.4, 0.5) is 0 Å². The quantitative estimate of drug-likeness (QED) is 0.244. The van der Waals surface area contributed by atoms with Crippen molar-refractivity contribution in [2.24, 2.45) is 4.99 Å². The molecule has 3 heterocycles. The topological polar surface area (TPSA) is 43.6 Å². The molecule has 2 aliphatic rings. The van der Waals surface area contributed by atoms with Gasteiger partial charge in [-0.05, 0) is 53.3 Å². The van der Waals surface area contributed by atoms with Gasteiger partial charge in [-0.3, -0.25) is 9.36 Å². The Bertz CT molecular complexity index is 1930. The van der Waals surface area contributed by atoms with E-state index in [4.69, 9.17) is 9.73 Å². The maximum absolute atomic E-state index is 13.9. The summed E-state index contributed by atoms with van der Waals surface area (Å²) >= 11 is 4.94. The van der Waals surface area contributed by atoms with Gasteiger partial charge in [-0.2, -0.15) is 0 Å². The Morgan fingerprint density at radius 1 is 1.00 bits per heavy atom. The first-order valence-corrected chi connectivity index (χ1v) is 14.2. The molecule has 38 heavy (non-hydrogen) atoms. The van der Waals surface area contributed by atoms with Crippen molar-refractivity contribution < 1.29 is 4.74 Å². The molecule has 0 spiro atoms. The van der Waals surface area contributed by atoms with E-state index in [1.807, 2.05) is 47.0 Å². The molecule has 4 aromatic carbocycles. The van der Waals surface area contributed by atoms with Crippen molar-refractivity contribution in [3.63, 3.8) is 0 Å². The molecule has 6 heteroatoms. The summed E-state index contributed by atoms with van der Waals surface area (Å²) in [4.78, 5) is 19.8. The molecule has 7 rings (SSSR count). The summed E-state index contributed by atoms with van der Waals surface area (Å²) in [5.74, 6) is 0.869. The molecule has 0 aliphatic carbocycles. The van der Waals surface area contributed by atoms with Crippen LogP contribution < -0.4 is 19.6 Å². The van der Waals surface area contributed by atoms with Crippen molar-refractivity contribution in [1.29, 1.82) is 0 Å². The van der Waals surface area contributed by atoms with Gasteiger partial charge in [0, 0.05) is 21.8 Å². The van der Waals surface area contributed by atoms with Gasteiger partial charge in [0.05, 0.1) is 22.9 Å². The van der Waals surface area contributed by atoms with Crippen LogP contribution in [0, 0.1) is 6.92 Å². The summed E-state index contributed by atoms with van der Waals surface area (Å²) in [5, 5.41) is 2.22. The molecule has 1 atom stereocenters. The number of halogens is 1. The minimum atomic E-state index is -0.241. The number of nitrogens with zero attached hydrogens (tertiary/aromatic N) is 2. The van der Waals surface area contributed by atoms with Crippen LogP contribution in [0.1, 0.15) is 34.7 Å². The number of ether oxygens (including phenoxy) is 1. The summed E-state index contributed by atoms with van der Waals surface area (Å²) in [7, 11) is 0. The molecule has 0 radical (unpaired) electrons. The summed E-state index contributed by atoms with van der Waals surface area (Å²) in [6.45, 7) is 2.61. The van der Waals surface area contributed by atoms with Gasteiger partial charge in [0.15, 0.2) is 4.80 Å². The minimum absolute atomic E-state index is 0.0160. The van der Waals surface area contributed by atoms with Gasteiger partial charge >= 0.3 is 0 Å². The van der Waals surface area contributed by atoms with Crippen molar-refractivity contribution in [2.75, 3.05) is 6.61 Å². The Hall–Kier alpha value is -3.74. The second kappa shape index (κ2) is 9.22. The molecule has 2 aliphatic heterocycles. The van der Waals surface area contributed by atoms with E-state index < -0.39 is 0 Å². The van der Waals surface area contributed by atoms with E-state index in [2.05, 4.69) is 71.4 Å². The highest BCUT2D eigenvalue weighted by molar-refractivity contribution is 9.10. The second-order valence-corrected chi connectivity index (χ2v) is 11.6. The van der Waals surface area contributed by atoms with Gasteiger partial charge in [-0.1, -0.05) is 99.6 Å². The van der Waals surface area contributed by atoms with Gasteiger partial charge in [-0.15, -0.1) is 0 Å². The number of hydrogen-bond donors (Lipinski definition) is 0. The number of fused-ring (bicyclic) bond motifs is 5. The van der Waals surface area contributed by atoms with Crippen molar-refractivity contribution in [3.8, 4) is 5.75 Å². The van der Waals surface area contributed by atoms with E-state index >= 15 is 0 Å². The maximum Gasteiger partial charge on any atom is 0.271 e. The third-order valence-electron chi connectivity index (χ3n) is 7.25. The zero-order valence-corrected chi connectivity index (χ0v) is 23.1. The number of hydrogen-bond acceptors (Lipinski definition) is 4. The number of benzene rings is 4. The van der Waals surface area contributed by atoms with Crippen LogP contribution in [0.3, 0.4) is 0 Å². The Kier molecular flexibility index (Phi) is 5.68. The lowest BCUT2D eigenvalue weighted by molar-refractivity contribution is 0.323. The number of rotatable bonds is 2. The predicted molar refractivity (Wildman–Crippen MR) is 157 cm³/mol. The fourth-order valence-corrected chi connectivity index (χ4v) is 6.66. The van der Waals surface area contributed by atoms with Gasteiger partial charge in [0.1, 0.15) is 5.75 Å². The Morgan fingerprint density at radius 3 is 2.61 bits per heavy atom. The summed E-state index contributed by atoms with van der Waals surface area (Å²) < 4.78 is 9.94. The summed E-state index contributed by atoms with van der Waals surface area (Å²) in [6.07, 6.45) is 2.65. The molecule has 0 N–H and O–H groups in total. The van der Waals surface area contributed by atoms with Crippen LogP contribution in [-0.2, 0) is 0 Å². The number of aromatic nitrogens is 1. The minimum Gasteiger partial charge on any atom is -0.492 e. The molecule has 0 fully saturated rings. The van der Waals surface area contributed by atoms with Crippen LogP contribution in [0.15, 0.2) is 105 Å². The van der Waals surface area contributed by atoms with Crippen molar-refractivity contribution in [3.05, 3.63) is 137 Å². The molecule has 0 amide bonds. The Labute approximate surface area is 232 Å². The largest absolute Gasteiger partial charge is 0.492 e. The average molecular weight is 580 g/mol. The van der Waals surface area contributed by atoms with Crippen molar-refractivity contribution in [1.82, 2.24) is 4.57 Å². The summed E-state index contributed by atoms with van der Waals surface area (Å²) in [5.41, 5.74) is 6.26. The summed E-state index contributed by atoms with van der Waals surface area (Å²) in [6, 6.07) is 28.8. The highest BCUT2D eigenvalue weighted by Gasteiger charge is 2.32. The molecule has 0 saturated carbocycles. The monoisotopic (exact) mass is 578 g/mol. The van der Waals surface area contributed by atoms with Crippen molar-refractivity contribution in [2.45, 2.75) is 19.4 Å². The fourth-order valence-electron chi connectivity index (χ4n) is 5.39. The van der Waals surface area contributed by atoms with Crippen LogP contribution in [-0.4, -0.2) is 11.2 Å². The lowest BCUT2D eigenvalue weighted by Crippen LogP contribution is -2.38. The van der Waals surface area contributed by atoms with Crippen LogP contribution >= 0.6 is 27.3 Å². The molecule has 0 bridgehead atoms. The first-order chi connectivity index (χ1) is 18.6. The van der Waals surface area contributed by atoms with Crippen LogP contribution in [0.2, 0.25) is 0 Å². The first-order valence-electron chi connectivity index (χ1n) is 12.6. The highest BCUT2D eigenvalue weighted by Crippen LogP contribution is 2.43. The van der Waals surface area contributed by atoms with Crippen LogP contribution in [0.5, 0.6) is 5.75 Å². The van der Waals surface area contributed by atoms with Gasteiger partial charge in [0.2, 0.25) is 0 Å². The first kappa shape index (κ1) is 23.4. The van der Waals surface area contributed by atoms with E-state index in [0.717, 1.165) is 49.0 Å². The molecule has 1 unspecified atom stereocenters. The molecule has 5 aromatic rings. The average Bonchev–Trinajstić information content (AvgIpc) is 3.11. The van der Waals surface area contributed by atoms with Gasteiger partial charge in [0.25, 0.3) is 5.56 Å². The second-order valence-electron chi connectivity index (χ2n) is 9.68. The molecule has 4 nitrogen and oxygen atoms in total. The molecular weight excluding hydrogens is 556 g/mol. The zero-order chi connectivity index (χ0) is 25.8. The maximum atomic E-state index is 13.9. The zero-order valence-electron chi connectivity index (χ0n) is 20.6. The standard InChI is InChI=1S/C32H23BrN2O2S/c1-19-6-10-22(11-7-19)29-25-16-17-37-30-24-5-3-2-4-21(24)12-15-26(30)28(25)34-32-35(29)31(36)27(38-32)18-20-8-13-23(33)14-9-20/h2-15,18,29H,16-17H2,1H3/b27-18+. The smallest absolute Gasteiger partial charge is 0.271 e. The molecule has 1 aromatic heterocycles. The third kappa shape index (κ3) is 3.87. The number of aryl methyl sites for hydroxylation is 1. The van der Waals surface area contributed by atoms with Crippen molar-refractivity contribution >= 4 is 49.8 Å². The van der Waals surface area contributed by atoms with E-state index in [-0.39, 0.29) is 11.6 Å². The highest BCUT2D eigenvalue weighted by atomic mass is 79.9. The lowest BCUT2D eigenvalue weighted by Gasteiger charge is -2.26. The van der Waals surface area contributed by atoms with E-state index in [9.17, 15) is 4.79 Å². The lowest BCUT2D eigenvalue weighted by atomic mass is 9.90. The number of thiazole rings is 1. The fraction of sp³-hybridized carbons (Fsp3) is 0.125. The predicted octanol–water partition coefficient (Wildman–Crippen LogP) is 6.38. The molecular formula is C32H23BrN2O2S. The normalized spacial score (nSPS) is 16.8. The van der Waals surface area contributed by atoms with E-state index in [0.29, 0.717) is 22.4 Å². The Balaban J connectivity index is 1.51. The van der Waals surface area contributed by atoms with Gasteiger partial charge < -0.3 is 4.74 Å². The van der Waals surface area contributed by atoms with E-state index in [1.54, 1.807) is 0 Å².